The van der Waals surface area contributed by atoms with Gasteiger partial charge in [-0.15, -0.1) is 0 Å². The Balaban J connectivity index is 2.20. The first kappa shape index (κ1) is 12.9. The number of cyclic esters (lactones) is 1. The van der Waals surface area contributed by atoms with E-state index in [2.05, 4.69) is 5.32 Å². The van der Waals surface area contributed by atoms with Gasteiger partial charge in [-0.3, -0.25) is 4.79 Å². The molecule has 0 saturated carbocycles. The molecule has 1 saturated heterocycles. The Bertz CT molecular complexity index is 572. The molecule has 19 heavy (non-hydrogen) atoms. The Labute approximate surface area is 110 Å². The molecule has 1 heterocycles. The summed E-state index contributed by atoms with van der Waals surface area (Å²) in [6, 6.07) is 9.24. The average molecular weight is 259 g/mol. The standard InChI is InChI=1S/C14H13NO4/c1-9(18-2)12-13(16)11(19-14(12)17)8-15-10-6-4-3-5-7-10/h3-8,15H,1-2H3/b11-8-,12-9-. The minimum atomic E-state index is -0.689. The lowest BCUT2D eigenvalue weighted by Crippen LogP contribution is -2.05. The predicted molar refractivity (Wildman–Crippen MR) is 69.0 cm³/mol. The summed E-state index contributed by atoms with van der Waals surface area (Å²) in [5.41, 5.74) is 0.725. The molecule has 1 fully saturated rings. The van der Waals surface area contributed by atoms with E-state index in [1.165, 1.54) is 13.3 Å². The molecule has 1 N–H and O–H groups in total. The number of rotatable bonds is 3. The van der Waals surface area contributed by atoms with E-state index in [-0.39, 0.29) is 17.1 Å². The van der Waals surface area contributed by atoms with Crippen LogP contribution in [0.5, 0.6) is 0 Å². The van der Waals surface area contributed by atoms with Crippen molar-refractivity contribution in [3.8, 4) is 0 Å². The van der Waals surface area contributed by atoms with Crippen LogP contribution in [-0.2, 0) is 19.1 Å². The van der Waals surface area contributed by atoms with Crippen molar-refractivity contribution >= 4 is 17.4 Å². The average Bonchev–Trinajstić information content (AvgIpc) is 2.71. The number of benzene rings is 1. The van der Waals surface area contributed by atoms with E-state index in [4.69, 9.17) is 9.47 Å². The smallest absolute Gasteiger partial charge is 0.351 e. The fourth-order valence-corrected chi connectivity index (χ4v) is 1.60. The summed E-state index contributed by atoms with van der Waals surface area (Å²) in [4.78, 5) is 23.5. The van der Waals surface area contributed by atoms with Crippen molar-refractivity contribution in [3.05, 3.63) is 53.6 Å². The molecule has 98 valence electrons. The van der Waals surface area contributed by atoms with Gasteiger partial charge >= 0.3 is 5.97 Å². The molecule has 0 bridgehead atoms. The monoisotopic (exact) mass is 259 g/mol. The first-order valence-electron chi connectivity index (χ1n) is 5.67. The molecule has 1 aliphatic heterocycles. The van der Waals surface area contributed by atoms with Crippen LogP contribution in [0.3, 0.4) is 0 Å². The molecule has 0 aliphatic carbocycles. The van der Waals surface area contributed by atoms with Crippen LogP contribution in [0.1, 0.15) is 6.92 Å². The van der Waals surface area contributed by atoms with Crippen molar-refractivity contribution in [1.82, 2.24) is 0 Å². The van der Waals surface area contributed by atoms with Gasteiger partial charge in [0.25, 0.3) is 0 Å². The predicted octanol–water partition coefficient (Wildman–Crippen LogP) is 1.99. The number of para-hydroxylation sites is 1. The molecule has 2 rings (SSSR count). The van der Waals surface area contributed by atoms with E-state index in [0.29, 0.717) is 0 Å². The van der Waals surface area contributed by atoms with Gasteiger partial charge in [0.2, 0.25) is 5.78 Å². The molecule has 1 aromatic rings. The number of ether oxygens (including phenoxy) is 2. The van der Waals surface area contributed by atoms with Crippen molar-refractivity contribution in [2.24, 2.45) is 0 Å². The minimum absolute atomic E-state index is 0.0414. The molecule has 0 radical (unpaired) electrons. The summed E-state index contributed by atoms with van der Waals surface area (Å²) in [7, 11) is 1.40. The van der Waals surface area contributed by atoms with Crippen LogP contribution in [0.15, 0.2) is 53.6 Å². The van der Waals surface area contributed by atoms with E-state index >= 15 is 0 Å². The Morgan fingerprint density at radius 1 is 1.26 bits per heavy atom. The highest BCUT2D eigenvalue weighted by Crippen LogP contribution is 2.23. The first-order chi connectivity index (χ1) is 9.13. The van der Waals surface area contributed by atoms with Crippen molar-refractivity contribution in [2.75, 3.05) is 12.4 Å². The Morgan fingerprint density at radius 2 is 1.95 bits per heavy atom. The second-order valence-electron chi connectivity index (χ2n) is 3.87. The number of ketones is 1. The highest BCUT2D eigenvalue weighted by atomic mass is 16.6. The lowest BCUT2D eigenvalue weighted by molar-refractivity contribution is -0.132. The summed E-state index contributed by atoms with van der Waals surface area (Å²) in [6.07, 6.45) is 1.37. The fraction of sp³-hybridized carbons (Fsp3) is 0.143. The number of Topliss-reactive ketones (excluding diaryl/α,β-unsaturated/α-hetero) is 1. The maximum absolute atomic E-state index is 11.9. The molecule has 1 aromatic carbocycles. The second kappa shape index (κ2) is 5.39. The number of carbonyl (C=O) groups excluding carboxylic acids is 2. The van der Waals surface area contributed by atoms with Crippen LogP contribution in [0.4, 0.5) is 5.69 Å². The Kier molecular flexibility index (Phi) is 3.66. The number of hydrogen-bond donors (Lipinski definition) is 1. The topological polar surface area (TPSA) is 64.6 Å². The highest BCUT2D eigenvalue weighted by molar-refractivity contribution is 6.28. The third-order valence-electron chi connectivity index (χ3n) is 2.66. The number of hydrogen-bond acceptors (Lipinski definition) is 5. The lowest BCUT2D eigenvalue weighted by atomic mass is 10.1. The third-order valence-corrected chi connectivity index (χ3v) is 2.66. The summed E-state index contributed by atoms with van der Waals surface area (Å²) in [6.45, 7) is 1.54. The van der Waals surface area contributed by atoms with Crippen molar-refractivity contribution in [1.29, 1.82) is 0 Å². The van der Waals surface area contributed by atoms with E-state index in [0.717, 1.165) is 5.69 Å². The number of methoxy groups -OCH3 is 1. The zero-order chi connectivity index (χ0) is 13.8. The van der Waals surface area contributed by atoms with Gasteiger partial charge in [-0.25, -0.2) is 4.79 Å². The minimum Gasteiger partial charge on any atom is -0.500 e. The SMILES string of the molecule is CO/C(C)=C1\C(=O)O/C(=C\Nc2ccccc2)C1=O. The summed E-state index contributed by atoms with van der Waals surface area (Å²) in [5, 5.41) is 2.89. The van der Waals surface area contributed by atoms with Crippen molar-refractivity contribution < 1.29 is 19.1 Å². The second-order valence-corrected chi connectivity index (χ2v) is 3.87. The molecule has 0 atom stereocenters. The van der Waals surface area contributed by atoms with E-state index in [9.17, 15) is 9.59 Å². The highest BCUT2D eigenvalue weighted by Gasteiger charge is 2.36. The van der Waals surface area contributed by atoms with Gasteiger partial charge in [0.05, 0.1) is 7.11 Å². The van der Waals surface area contributed by atoms with Gasteiger partial charge in [0.15, 0.2) is 5.76 Å². The first-order valence-corrected chi connectivity index (χ1v) is 5.67. The summed E-state index contributed by atoms with van der Waals surface area (Å²) >= 11 is 0. The summed E-state index contributed by atoms with van der Waals surface area (Å²) < 4.78 is 9.80. The van der Waals surface area contributed by atoms with E-state index in [1.54, 1.807) is 6.92 Å². The van der Waals surface area contributed by atoms with Crippen LogP contribution < -0.4 is 5.32 Å². The zero-order valence-electron chi connectivity index (χ0n) is 10.6. The number of nitrogens with one attached hydrogen (secondary N) is 1. The molecule has 0 spiro atoms. The maximum atomic E-state index is 11.9. The lowest BCUT2D eigenvalue weighted by Gasteiger charge is -2.00. The molecule has 0 aromatic heterocycles. The number of allylic oxidation sites excluding steroid dienone is 2. The molecule has 1 aliphatic rings. The molecule has 0 amide bonds. The molecular formula is C14H13NO4. The van der Waals surface area contributed by atoms with Crippen LogP contribution in [0, 0.1) is 0 Å². The maximum Gasteiger partial charge on any atom is 0.351 e. The summed E-state index contributed by atoms with van der Waals surface area (Å²) in [5.74, 6) is -0.961. The molecular weight excluding hydrogens is 246 g/mol. The number of anilines is 1. The Morgan fingerprint density at radius 3 is 2.58 bits per heavy atom. The van der Waals surface area contributed by atoms with Crippen molar-refractivity contribution in [3.63, 3.8) is 0 Å². The largest absolute Gasteiger partial charge is 0.500 e. The zero-order valence-corrected chi connectivity index (χ0v) is 10.6. The van der Waals surface area contributed by atoms with Gasteiger partial charge in [-0.1, -0.05) is 18.2 Å². The number of carbonyl (C=O) groups is 2. The van der Waals surface area contributed by atoms with Gasteiger partial charge < -0.3 is 14.8 Å². The molecule has 5 heteroatoms. The third kappa shape index (κ3) is 2.65. The van der Waals surface area contributed by atoms with Gasteiger partial charge in [-0.05, 0) is 19.1 Å². The quantitative estimate of drug-likeness (QED) is 0.389. The van der Waals surface area contributed by atoms with E-state index in [1.807, 2.05) is 30.3 Å². The normalized spacial score (nSPS) is 19.4. The fourth-order valence-electron chi connectivity index (χ4n) is 1.60. The van der Waals surface area contributed by atoms with E-state index < -0.39 is 11.8 Å². The molecule has 0 unspecified atom stereocenters. The van der Waals surface area contributed by atoms with Gasteiger partial charge in [-0.2, -0.15) is 0 Å². The van der Waals surface area contributed by atoms with Crippen LogP contribution in [0.25, 0.3) is 0 Å². The number of esters is 1. The van der Waals surface area contributed by atoms with Crippen molar-refractivity contribution in [2.45, 2.75) is 6.92 Å². The van der Waals surface area contributed by atoms with Crippen LogP contribution in [-0.4, -0.2) is 18.9 Å². The molecule has 5 nitrogen and oxygen atoms in total. The van der Waals surface area contributed by atoms with Crippen LogP contribution in [0.2, 0.25) is 0 Å². The Hall–Kier alpha value is -2.56. The van der Waals surface area contributed by atoms with Gasteiger partial charge in [0.1, 0.15) is 11.3 Å². The van der Waals surface area contributed by atoms with Gasteiger partial charge in [0, 0.05) is 11.9 Å². The van der Waals surface area contributed by atoms with Crippen LogP contribution >= 0.6 is 0 Å².